The van der Waals surface area contributed by atoms with Gasteiger partial charge in [-0.2, -0.15) is 19.6 Å². The topological polar surface area (TPSA) is 230 Å². The Hall–Kier alpha value is -7.89. The lowest BCUT2D eigenvalue weighted by atomic mass is 9.99. The number of aldehydes is 3. The summed E-state index contributed by atoms with van der Waals surface area (Å²) in [6, 6.07) is 13.4. The van der Waals surface area contributed by atoms with Gasteiger partial charge in [0.2, 0.25) is 0 Å². The van der Waals surface area contributed by atoms with Gasteiger partial charge in [0.1, 0.15) is 28.2 Å². The molecule has 81 heavy (non-hydrogen) atoms. The molecule has 0 aliphatic carbocycles. The van der Waals surface area contributed by atoms with Crippen LogP contribution in [0.15, 0.2) is 105 Å². The largest absolute Gasteiger partial charge is 0.378 e. The third-order valence-electron chi connectivity index (χ3n) is 15.4. The summed E-state index contributed by atoms with van der Waals surface area (Å²) in [5.41, 5.74) is 5.84. The Morgan fingerprint density at radius 2 is 1.49 bits per heavy atom. The predicted octanol–water partition coefficient (Wildman–Crippen LogP) is 7.22. The standard InChI is InChI=1S/C35H37N9O4.C16H14ClN4O2.C6H3BrClNO/c1-22-17-41(26-20-48-21-26)11-12-42(22)25-6-7-32(37-15-25)39-30-13-23(18-40(2)35(30)47)27-8-9-36-33(29(27)19-45)44-34(46)28-14-24-5-3-4-10-43(24)31(28)16-38-44;17-13-4-5-18-15(12(13)9-22)21-16(23)11-8-20-6-2-1-3-14(20)10(11)7-19-21;7-6-4(3-10)5(8)1-2-9-6/h6-9,13-16,18-19,22,26H,3-5,10-12,17,20-21H2,1-2H3,(H,37,39);4-5,7-9,14H,1-3,6H2;1-3H/q;+1;/t22-;;/m0../s1. The minimum atomic E-state index is -0.330. The molecular formula is C57H54BrCl2N14O7+. The van der Waals surface area contributed by atoms with Crippen LogP contribution in [0.3, 0.4) is 0 Å². The van der Waals surface area contributed by atoms with Crippen molar-refractivity contribution in [2.75, 3.05) is 49.6 Å². The maximum atomic E-state index is 13.7. The second-order valence-electron chi connectivity index (χ2n) is 20.3. The van der Waals surface area contributed by atoms with Gasteiger partial charge in [0.15, 0.2) is 42.8 Å². The van der Waals surface area contributed by atoms with E-state index in [1.807, 2.05) is 30.6 Å². The first-order valence-electron chi connectivity index (χ1n) is 26.5. The van der Waals surface area contributed by atoms with E-state index < -0.39 is 0 Å². The molecule has 0 radical (unpaired) electrons. The molecule has 1 N–H and O–H groups in total. The molecule has 8 aromatic heterocycles. The summed E-state index contributed by atoms with van der Waals surface area (Å²) >= 11 is 14.7. The van der Waals surface area contributed by atoms with Gasteiger partial charge in [-0.1, -0.05) is 23.2 Å². The molecule has 8 aromatic rings. The third kappa shape index (κ3) is 10.8. The summed E-state index contributed by atoms with van der Waals surface area (Å²) in [5.74, 6) is 0.824. The van der Waals surface area contributed by atoms with E-state index in [4.69, 9.17) is 27.9 Å². The van der Waals surface area contributed by atoms with Crippen LogP contribution >= 0.6 is 39.1 Å². The van der Waals surface area contributed by atoms with Crippen molar-refractivity contribution in [2.45, 2.75) is 70.1 Å². The number of pyridine rings is 5. The van der Waals surface area contributed by atoms with Gasteiger partial charge in [0.25, 0.3) is 16.7 Å². The number of ether oxygens (including phenoxy) is 1. The van der Waals surface area contributed by atoms with Crippen LogP contribution in [-0.2, 0) is 24.8 Å². The summed E-state index contributed by atoms with van der Waals surface area (Å²) in [4.78, 5) is 95.8. The molecule has 13 rings (SSSR count). The molecule has 0 bridgehead atoms. The van der Waals surface area contributed by atoms with E-state index >= 15 is 0 Å². The summed E-state index contributed by atoms with van der Waals surface area (Å²) in [6.07, 6.45) is 21.6. The van der Waals surface area contributed by atoms with Crippen LogP contribution in [0.2, 0.25) is 10.0 Å². The van der Waals surface area contributed by atoms with Gasteiger partial charge in [-0.3, -0.25) is 33.7 Å². The van der Waals surface area contributed by atoms with Crippen LogP contribution in [0.5, 0.6) is 0 Å². The Bertz CT molecular complexity index is 3970. The maximum absolute atomic E-state index is 13.7. The van der Waals surface area contributed by atoms with E-state index in [9.17, 15) is 28.8 Å². The Labute approximate surface area is 481 Å². The first-order valence-corrected chi connectivity index (χ1v) is 28.1. The van der Waals surface area contributed by atoms with Crippen molar-refractivity contribution >= 4 is 92.3 Å². The number of aryl methyl sites for hydroxylation is 3. The van der Waals surface area contributed by atoms with Crippen molar-refractivity contribution in [1.29, 1.82) is 0 Å². The molecule has 0 saturated carbocycles. The zero-order valence-electron chi connectivity index (χ0n) is 44.1. The number of hydrogen-bond acceptors (Lipinski definition) is 16. The van der Waals surface area contributed by atoms with Gasteiger partial charge in [0.05, 0.1) is 86.7 Å². The number of rotatable bonds is 10. The van der Waals surface area contributed by atoms with Crippen LogP contribution in [0.25, 0.3) is 33.7 Å². The van der Waals surface area contributed by atoms with E-state index in [-0.39, 0.29) is 50.5 Å². The smallest absolute Gasteiger partial charge is 0.286 e. The molecule has 21 nitrogen and oxygen atoms in total. The Morgan fingerprint density at radius 3 is 2.20 bits per heavy atom. The molecule has 414 valence electrons. The van der Waals surface area contributed by atoms with Crippen molar-refractivity contribution in [3.05, 3.63) is 165 Å². The molecule has 3 fully saturated rings. The maximum Gasteiger partial charge on any atom is 0.286 e. The zero-order valence-corrected chi connectivity index (χ0v) is 47.2. The number of hydrogen-bond donors (Lipinski definition) is 1. The van der Waals surface area contributed by atoms with Crippen LogP contribution in [-0.4, -0.2) is 135 Å². The number of carbonyl (C=O) groups excluding carboxylic acids is 3. The predicted molar refractivity (Wildman–Crippen MR) is 310 cm³/mol. The molecule has 2 atom stereocenters. The second-order valence-corrected chi connectivity index (χ2v) is 21.9. The van der Waals surface area contributed by atoms with Crippen LogP contribution in [0.1, 0.15) is 93.0 Å². The van der Waals surface area contributed by atoms with Gasteiger partial charge < -0.3 is 24.1 Å². The fraction of sp³-hybridized carbons (Fsp3) is 0.316. The van der Waals surface area contributed by atoms with Crippen LogP contribution in [0.4, 0.5) is 17.2 Å². The average Bonchev–Trinajstić information content (AvgIpc) is 4.26. The Kier molecular flexibility index (Phi) is 16.1. The lowest BCUT2D eigenvalue weighted by Crippen LogP contribution is -2.59. The van der Waals surface area contributed by atoms with Crippen molar-refractivity contribution in [3.8, 4) is 22.8 Å². The molecule has 3 saturated heterocycles. The normalized spacial score (nSPS) is 17.5. The third-order valence-corrected chi connectivity index (χ3v) is 16.7. The number of carbonyl (C=O) groups is 3. The number of piperazine rings is 1. The number of fused-ring (bicyclic) bond motifs is 6. The van der Waals surface area contributed by atoms with Crippen molar-refractivity contribution < 1.29 is 23.7 Å². The SMILES string of the molecule is C[C@H]1CN(C2COC2)CCN1c1ccc(Nc2cc(-c3ccnc(-n4ncc5c(cc6n5CCCC6)c4=O)c3C=O)cn(C)c2=O)nc1.O=Cc1c(Cl)ccnc1-n1ncc2c(c1=O)C=[N+]1CCCCC21.O=Cc1c(Cl)ccnc1Br. The highest BCUT2D eigenvalue weighted by molar-refractivity contribution is 9.10. The molecule has 1 unspecified atom stereocenters. The summed E-state index contributed by atoms with van der Waals surface area (Å²) in [7, 11) is 1.65. The summed E-state index contributed by atoms with van der Waals surface area (Å²) < 4.78 is 14.0. The van der Waals surface area contributed by atoms with Gasteiger partial charge in [-0.25, -0.2) is 24.5 Å². The number of anilines is 3. The summed E-state index contributed by atoms with van der Waals surface area (Å²) in [5, 5.41) is 13.1. The first-order chi connectivity index (χ1) is 39.3. The number of halogens is 3. The number of aromatic nitrogens is 10. The van der Waals surface area contributed by atoms with Gasteiger partial charge in [-0.05, 0) is 96.6 Å². The van der Waals surface area contributed by atoms with E-state index in [1.165, 1.54) is 27.7 Å². The molecule has 5 aliphatic rings. The highest BCUT2D eigenvalue weighted by Gasteiger charge is 2.37. The molecule has 0 spiro atoms. The van der Waals surface area contributed by atoms with Crippen LogP contribution in [0, 0.1) is 0 Å². The zero-order chi connectivity index (χ0) is 56.5. The lowest BCUT2D eigenvalue weighted by Gasteiger charge is -2.46. The number of nitrogens with zero attached hydrogens (tertiary/aromatic N) is 13. The minimum absolute atomic E-state index is 0.135. The average molecular weight is 1200 g/mol. The molecule has 0 aromatic carbocycles. The first kappa shape index (κ1) is 55.0. The second kappa shape index (κ2) is 23.7. The van der Waals surface area contributed by atoms with E-state index in [2.05, 4.69) is 77.2 Å². The monoisotopic (exact) mass is 1200 g/mol. The minimum Gasteiger partial charge on any atom is -0.378 e. The fourth-order valence-electron chi connectivity index (χ4n) is 11.1. The van der Waals surface area contributed by atoms with Crippen molar-refractivity contribution in [3.63, 3.8) is 0 Å². The molecule has 24 heteroatoms. The number of piperidine rings is 1. The Morgan fingerprint density at radius 1 is 0.765 bits per heavy atom. The van der Waals surface area contributed by atoms with Crippen LogP contribution < -0.4 is 26.9 Å². The quantitative estimate of drug-likeness (QED) is 0.0809. The lowest BCUT2D eigenvalue weighted by molar-refractivity contribution is -0.574. The van der Waals surface area contributed by atoms with E-state index in [0.717, 1.165) is 112 Å². The van der Waals surface area contributed by atoms with E-state index in [1.54, 1.807) is 50.0 Å². The van der Waals surface area contributed by atoms with Gasteiger partial charge in [-0.15, -0.1) is 0 Å². The fourth-order valence-corrected chi connectivity index (χ4v) is 12.1. The van der Waals surface area contributed by atoms with Gasteiger partial charge in [0, 0.05) is 88.2 Å². The summed E-state index contributed by atoms with van der Waals surface area (Å²) in [6.45, 7) is 8.53. The molecule has 13 heterocycles. The van der Waals surface area contributed by atoms with Crippen molar-refractivity contribution in [1.82, 2.24) is 53.5 Å². The highest BCUT2D eigenvalue weighted by atomic mass is 79.9. The Balaban J connectivity index is 0.000000171. The molecular weight excluding hydrogens is 1140 g/mol. The number of nitrogens with one attached hydrogen (secondary N) is 1. The van der Waals surface area contributed by atoms with Crippen molar-refractivity contribution in [2.24, 2.45) is 7.05 Å². The van der Waals surface area contributed by atoms with E-state index in [0.29, 0.717) is 79.7 Å². The highest BCUT2D eigenvalue weighted by Crippen LogP contribution is 2.33. The van der Waals surface area contributed by atoms with Gasteiger partial charge >= 0.3 is 0 Å². The molecule has 0 amide bonds. The molecule has 5 aliphatic heterocycles.